The maximum Gasteiger partial charge on any atom is 0.251 e. The standard InChI is InChI=1S/C15H23NO4S/c1-3-12(8-9-17)10-16-15(18)14-6-4-13(5-7-14)11-21(2,19)20/h4-7,12,17H,3,8-11H2,1-2H3,(H,16,18). The van der Waals surface area contributed by atoms with E-state index in [-0.39, 0.29) is 24.2 Å². The molecule has 1 rings (SSSR count). The minimum absolute atomic E-state index is 0.0245. The van der Waals surface area contributed by atoms with E-state index >= 15 is 0 Å². The summed E-state index contributed by atoms with van der Waals surface area (Å²) in [5.41, 5.74) is 1.17. The van der Waals surface area contributed by atoms with Crippen LogP contribution in [0.3, 0.4) is 0 Å². The highest BCUT2D eigenvalue weighted by molar-refractivity contribution is 7.89. The van der Waals surface area contributed by atoms with E-state index in [1.807, 2.05) is 6.92 Å². The van der Waals surface area contributed by atoms with Crippen molar-refractivity contribution in [1.82, 2.24) is 5.32 Å². The van der Waals surface area contributed by atoms with Crippen molar-refractivity contribution in [2.24, 2.45) is 5.92 Å². The molecule has 21 heavy (non-hydrogen) atoms. The van der Waals surface area contributed by atoms with Gasteiger partial charge in [-0.15, -0.1) is 0 Å². The predicted molar refractivity (Wildman–Crippen MR) is 82.8 cm³/mol. The molecule has 0 fully saturated rings. The third-order valence-electron chi connectivity index (χ3n) is 3.31. The van der Waals surface area contributed by atoms with Gasteiger partial charge in [-0.25, -0.2) is 8.42 Å². The van der Waals surface area contributed by atoms with E-state index in [0.717, 1.165) is 6.42 Å². The molecule has 0 aromatic heterocycles. The molecule has 1 aromatic carbocycles. The molecule has 0 spiro atoms. The molecule has 1 amide bonds. The predicted octanol–water partition coefficient (Wildman–Crippen LogP) is 1.37. The number of amides is 1. The molecule has 0 heterocycles. The number of benzene rings is 1. The lowest BCUT2D eigenvalue weighted by atomic mass is 10.0. The Hall–Kier alpha value is -1.40. The molecule has 0 radical (unpaired) electrons. The first-order valence-electron chi connectivity index (χ1n) is 7.01. The quantitative estimate of drug-likeness (QED) is 0.759. The molecule has 0 aliphatic carbocycles. The van der Waals surface area contributed by atoms with Crippen LogP contribution in [0.25, 0.3) is 0 Å². The first-order valence-corrected chi connectivity index (χ1v) is 9.07. The van der Waals surface area contributed by atoms with Gasteiger partial charge in [-0.2, -0.15) is 0 Å². The molecule has 1 unspecified atom stereocenters. The van der Waals surface area contributed by atoms with E-state index in [4.69, 9.17) is 5.11 Å². The zero-order valence-corrected chi connectivity index (χ0v) is 13.3. The van der Waals surface area contributed by atoms with E-state index in [1.54, 1.807) is 24.3 Å². The fourth-order valence-corrected chi connectivity index (χ4v) is 2.83. The Bertz CT molecular complexity index is 552. The summed E-state index contributed by atoms with van der Waals surface area (Å²) in [6, 6.07) is 6.56. The summed E-state index contributed by atoms with van der Waals surface area (Å²) in [5.74, 6) is 0.0595. The van der Waals surface area contributed by atoms with Crippen molar-refractivity contribution in [3.8, 4) is 0 Å². The van der Waals surface area contributed by atoms with Gasteiger partial charge in [0, 0.05) is 25.0 Å². The molecule has 1 aromatic rings. The average molecular weight is 313 g/mol. The van der Waals surface area contributed by atoms with Crippen molar-refractivity contribution in [3.63, 3.8) is 0 Å². The van der Waals surface area contributed by atoms with Gasteiger partial charge in [0.05, 0.1) is 5.75 Å². The second kappa shape index (κ2) is 8.14. The second-order valence-corrected chi connectivity index (χ2v) is 7.40. The highest BCUT2D eigenvalue weighted by Gasteiger charge is 2.10. The number of hydrogen-bond donors (Lipinski definition) is 2. The number of aliphatic hydroxyl groups is 1. The number of nitrogens with one attached hydrogen (secondary N) is 1. The topological polar surface area (TPSA) is 83.5 Å². The zero-order valence-electron chi connectivity index (χ0n) is 12.5. The Labute approximate surface area is 126 Å². The van der Waals surface area contributed by atoms with Gasteiger partial charge in [0.1, 0.15) is 0 Å². The number of sulfone groups is 1. The maximum atomic E-state index is 12.0. The van der Waals surface area contributed by atoms with Crippen molar-refractivity contribution in [2.45, 2.75) is 25.5 Å². The Morgan fingerprint density at radius 3 is 2.38 bits per heavy atom. The molecule has 6 heteroatoms. The summed E-state index contributed by atoms with van der Waals surface area (Å²) in [7, 11) is -3.07. The number of carbonyl (C=O) groups excluding carboxylic acids is 1. The van der Waals surface area contributed by atoms with E-state index in [1.165, 1.54) is 6.26 Å². The van der Waals surface area contributed by atoms with Gasteiger partial charge in [-0.3, -0.25) is 4.79 Å². The number of aliphatic hydroxyl groups excluding tert-OH is 1. The van der Waals surface area contributed by atoms with Crippen LogP contribution in [0.2, 0.25) is 0 Å². The van der Waals surface area contributed by atoms with Crippen molar-refractivity contribution in [1.29, 1.82) is 0 Å². The third-order valence-corrected chi connectivity index (χ3v) is 4.17. The van der Waals surface area contributed by atoms with Crippen LogP contribution in [0.5, 0.6) is 0 Å². The third kappa shape index (κ3) is 6.73. The van der Waals surface area contributed by atoms with E-state index in [9.17, 15) is 13.2 Å². The van der Waals surface area contributed by atoms with Gasteiger partial charge < -0.3 is 10.4 Å². The molecule has 2 N–H and O–H groups in total. The van der Waals surface area contributed by atoms with Gasteiger partial charge in [-0.05, 0) is 30.0 Å². The molecule has 5 nitrogen and oxygen atoms in total. The largest absolute Gasteiger partial charge is 0.396 e. The van der Waals surface area contributed by atoms with E-state index < -0.39 is 9.84 Å². The maximum absolute atomic E-state index is 12.0. The smallest absolute Gasteiger partial charge is 0.251 e. The molecule has 0 aliphatic rings. The van der Waals surface area contributed by atoms with Gasteiger partial charge >= 0.3 is 0 Å². The highest BCUT2D eigenvalue weighted by Crippen LogP contribution is 2.09. The monoisotopic (exact) mass is 313 g/mol. The summed E-state index contributed by atoms with van der Waals surface area (Å²) < 4.78 is 22.4. The van der Waals surface area contributed by atoms with Crippen LogP contribution in [-0.2, 0) is 15.6 Å². The van der Waals surface area contributed by atoms with Crippen molar-refractivity contribution < 1.29 is 18.3 Å². The van der Waals surface area contributed by atoms with Crippen molar-refractivity contribution in [2.75, 3.05) is 19.4 Å². The second-order valence-electron chi connectivity index (χ2n) is 5.26. The Morgan fingerprint density at radius 1 is 1.29 bits per heavy atom. The summed E-state index contributed by atoms with van der Waals surface area (Å²) in [5, 5.41) is 11.7. The van der Waals surface area contributed by atoms with Crippen LogP contribution >= 0.6 is 0 Å². The number of carbonyl (C=O) groups is 1. The van der Waals surface area contributed by atoms with Crippen molar-refractivity contribution >= 4 is 15.7 Å². The fourth-order valence-electron chi connectivity index (χ4n) is 2.03. The Morgan fingerprint density at radius 2 is 1.90 bits per heavy atom. The minimum atomic E-state index is -3.07. The molecule has 118 valence electrons. The molecule has 1 atom stereocenters. The van der Waals surface area contributed by atoms with Crippen LogP contribution < -0.4 is 5.32 Å². The number of rotatable bonds is 8. The average Bonchev–Trinajstić information content (AvgIpc) is 2.42. The van der Waals surface area contributed by atoms with Gasteiger partial charge in [0.2, 0.25) is 0 Å². The van der Waals surface area contributed by atoms with Crippen LogP contribution in [0.1, 0.15) is 35.7 Å². The molecule has 0 saturated carbocycles. The normalized spacial score (nSPS) is 12.9. The van der Waals surface area contributed by atoms with Crippen molar-refractivity contribution in [3.05, 3.63) is 35.4 Å². The molecule has 0 aliphatic heterocycles. The van der Waals surface area contributed by atoms with E-state index in [2.05, 4.69) is 5.32 Å². The summed E-state index contributed by atoms with van der Waals surface area (Å²) in [6.45, 7) is 2.67. The molecule has 0 bridgehead atoms. The molecular formula is C15H23NO4S. The Balaban J connectivity index is 2.59. The summed E-state index contributed by atoms with van der Waals surface area (Å²) in [6.07, 6.45) is 2.75. The SMILES string of the molecule is CCC(CCO)CNC(=O)c1ccc(CS(C)(=O)=O)cc1. The molecular weight excluding hydrogens is 290 g/mol. The van der Waals surface area contributed by atoms with Crippen LogP contribution in [-0.4, -0.2) is 38.8 Å². The van der Waals surface area contributed by atoms with Gasteiger partial charge in [0.15, 0.2) is 9.84 Å². The summed E-state index contributed by atoms with van der Waals surface area (Å²) >= 11 is 0. The van der Waals surface area contributed by atoms with E-state index in [0.29, 0.717) is 24.1 Å². The lowest BCUT2D eigenvalue weighted by molar-refractivity contribution is 0.0943. The fraction of sp³-hybridized carbons (Fsp3) is 0.533. The minimum Gasteiger partial charge on any atom is -0.396 e. The molecule has 0 saturated heterocycles. The first-order chi connectivity index (χ1) is 9.85. The van der Waals surface area contributed by atoms with Crippen LogP contribution in [0.4, 0.5) is 0 Å². The van der Waals surface area contributed by atoms with Crippen LogP contribution in [0, 0.1) is 5.92 Å². The highest BCUT2D eigenvalue weighted by atomic mass is 32.2. The van der Waals surface area contributed by atoms with Crippen LogP contribution in [0.15, 0.2) is 24.3 Å². The lowest BCUT2D eigenvalue weighted by Gasteiger charge is -2.14. The van der Waals surface area contributed by atoms with Gasteiger partial charge in [0.25, 0.3) is 5.91 Å². The lowest BCUT2D eigenvalue weighted by Crippen LogP contribution is -2.29. The Kier molecular flexibility index (Phi) is 6.84. The summed E-state index contributed by atoms with van der Waals surface area (Å²) in [4.78, 5) is 12.0. The first kappa shape index (κ1) is 17.7. The van der Waals surface area contributed by atoms with Gasteiger partial charge in [-0.1, -0.05) is 25.5 Å². The zero-order chi connectivity index (χ0) is 15.9. The number of hydrogen-bond acceptors (Lipinski definition) is 4.